The number of thiophene rings is 1. The van der Waals surface area contributed by atoms with Crippen molar-refractivity contribution in [1.82, 2.24) is 10.3 Å². The number of hydrogen-bond donors (Lipinski definition) is 2. The lowest BCUT2D eigenvalue weighted by Gasteiger charge is -1.99. The van der Waals surface area contributed by atoms with E-state index in [1.165, 1.54) is 16.2 Å². The number of nitrogens with one attached hydrogen (secondary N) is 2. The first-order chi connectivity index (χ1) is 8.19. The summed E-state index contributed by atoms with van der Waals surface area (Å²) in [5, 5.41) is 8.15. The lowest BCUT2D eigenvalue weighted by molar-refractivity contribution is -0.115. The number of rotatable bonds is 4. The number of hydrogen-bond acceptors (Lipinski definition) is 5. The molecule has 0 radical (unpaired) electrons. The summed E-state index contributed by atoms with van der Waals surface area (Å²) in [4.78, 5) is 18.1. The second-order valence-electron chi connectivity index (χ2n) is 3.53. The highest BCUT2D eigenvalue weighted by molar-refractivity contribution is 7.17. The van der Waals surface area contributed by atoms with Crippen LogP contribution in [0.2, 0.25) is 0 Å². The molecule has 0 saturated carbocycles. The zero-order valence-electron chi connectivity index (χ0n) is 10.0. The topological polar surface area (TPSA) is 54.0 Å². The van der Waals surface area contributed by atoms with Gasteiger partial charge in [0.05, 0.1) is 17.1 Å². The molecule has 0 aromatic carbocycles. The third-order valence-corrected chi connectivity index (χ3v) is 3.86. The molecule has 4 nitrogen and oxygen atoms in total. The summed E-state index contributed by atoms with van der Waals surface area (Å²) < 4.78 is 0. The van der Waals surface area contributed by atoms with E-state index in [1.807, 2.05) is 11.4 Å². The largest absolute Gasteiger partial charge is 0.311 e. The lowest BCUT2D eigenvalue weighted by Crippen LogP contribution is -2.24. The van der Waals surface area contributed by atoms with E-state index in [2.05, 4.69) is 28.6 Å². The molecule has 0 spiro atoms. The Bertz CT molecular complexity index is 524. The Kier molecular flexibility index (Phi) is 5.74. The second-order valence-corrected chi connectivity index (χ2v) is 5.67. The van der Waals surface area contributed by atoms with Crippen LogP contribution in [0.3, 0.4) is 0 Å². The molecule has 2 heterocycles. The number of nitrogens with zero attached hydrogens (tertiary/aromatic N) is 1. The molecule has 2 N–H and O–H groups in total. The average Bonchev–Trinajstić information content (AvgIpc) is 2.87. The fourth-order valence-corrected chi connectivity index (χ4v) is 2.97. The van der Waals surface area contributed by atoms with E-state index < -0.39 is 0 Å². The van der Waals surface area contributed by atoms with Crippen molar-refractivity contribution < 1.29 is 4.79 Å². The summed E-state index contributed by atoms with van der Waals surface area (Å²) >= 11 is 3.15. The highest BCUT2D eigenvalue weighted by atomic mass is 35.5. The second kappa shape index (κ2) is 6.84. The van der Waals surface area contributed by atoms with E-state index in [4.69, 9.17) is 0 Å². The van der Waals surface area contributed by atoms with Gasteiger partial charge in [0.2, 0.25) is 5.91 Å². The first-order valence-corrected chi connectivity index (χ1v) is 6.85. The molecule has 2 aromatic rings. The van der Waals surface area contributed by atoms with Crippen molar-refractivity contribution in [3.05, 3.63) is 22.4 Å². The average molecular weight is 304 g/mol. The SMILES string of the molecule is CNCC(=O)Nc1nc(-c2ccc(C)s2)cs1.Cl. The quantitative estimate of drug-likeness (QED) is 0.913. The van der Waals surface area contributed by atoms with E-state index in [9.17, 15) is 4.79 Å². The van der Waals surface area contributed by atoms with E-state index >= 15 is 0 Å². The van der Waals surface area contributed by atoms with Crippen LogP contribution in [0.25, 0.3) is 10.6 Å². The fourth-order valence-electron chi connectivity index (χ4n) is 1.34. The molecule has 0 fully saturated rings. The van der Waals surface area contributed by atoms with Crippen LogP contribution in [0.4, 0.5) is 5.13 Å². The van der Waals surface area contributed by atoms with Crippen LogP contribution in [-0.2, 0) is 4.79 Å². The standard InChI is InChI=1S/C11H13N3OS2.ClH/c1-7-3-4-9(17-7)8-6-16-11(13-8)14-10(15)5-12-2;/h3-4,6,12H,5H2,1-2H3,(H,13,14,15);1H. The highest BCUT2D eigenvalue weighted by Crippen LogP contribution is 2.30. The third-order valence-electron chi connectivity index (χ3n) is 2.08. The molecule has 0 aliphatic carbocycles. The molecule has 0 saturated heterocycles. The van der Waals surface area contributed by atoms with Gasteiger partial charge in [-0.1, -0.05) is 0 Å². The number of amides is 1. The number of likely N-dealkylation sites (N-methyl/N-ethyl adjacent to an activating group) is 1. The van der Waals surface area contributed by atoms with Crippen LogP contribution in [-0.4, -0.2) is 24.5 Å². The Hall–Kier alpha value is -0.950. The molecule has 0 atom stereocenters. The molecule has 0 bridgehead atoms. The van der Waals surface area contributed by atoms with Gasteiger partial charge in [0.15, 0.2) is 5.13 Å². The maximum atomic E-state index is 11.4. The molecule has 98 valence electrons. The predicted molar refractivity (Wildman–Crippen MR) is 80.0 cm³/mol. The zero-order valence-corrected chi connectivity index (χ0v) is 12.5. The maximum Gasteiger partial charge on any atom is 0.240 e. The van der Waals surface area contributed by atoms with Gasteiger partial charge in [-0.3, -0.25) is 4.79 Å². The minimum Gasteiger partial charge on any atom is -0.311 e. The summed E-state index contributed by atoms with van der Waals surface area (Å²) in [7, 11) is 1.74. The van der Waals surface area contributed by atoms with Crippen LogP contribution in [0.15, 0.2) is 17.5 Å². The summed E-state index contributed by atoms with van der Waals surface area (Å²) in [6.07, 6.45) is 0. The van der Waals surface area contributed by atoms with E-state index in [-0.39, 0.29) is 18.3 Å². The Balaban J connectivity index is 0.00000162. The van der Waals surface area contributed by atoms with Gasteiger partial charge in [0, 0.05) is 10.3 Å². The van der Waals surface area contributed by atoms with Crippen molar-refractivity contribution in [1.29, 1.82) is 0 Å². The smallest absolute Gasteiger partial charge is 0.240 e. The van der Waals surface area contributed by atoms with Crippen LogP contribution >= 0.6 is 35.1 Å². The summed E-state index contributed by atoms with van der Waals surface area (Å²) in [6.45, 7) is 2.36. The Morgan fingerprint density at radius 3 is 2.83 bits per heavy atom. The van der Waals surface area contributed by atoms with Crippen molar-refractivity contribution in [2.45, 2.75) is 6.92 Å². The van der Waals surface area contributed by atoms with Gasteiger partial charge < -0.3 is 10.6 Å². The van der Waals surface area contributed by atoms with Gasteiger partial charge in [-0.15, -0.1) is 35.1 Å². The molecule has 0 aliphatic heterocycles. The van der Waals surface area contributed by atoms with E-state index in [0.717, 1.165) is 10.6 Å². The normalized spacial score (nSPS) is 9.89. The number of aromatic nitrogens is 1. The Labute approximate surface area is 120 Å². The van der Waals surface area contributed by atoms with E-state index in [0.29, 0.717) is 11.7 Å². The molecule has 0 unspecified atom stereocenters. The van der Waals surface area contributed by atoms with Crippen LogP contribution < -0.4 is 10.6 Å². The molecule has 1 amide bonds. The maximum absolute atomic E-state index is 11.4. The number of aryl methyl sites for hydroxylation is 1. The van der Waals surface area contributed by atoms with Gasteiger partial charge in [-0.05, 0) is 26.1 Å². The van der Waals surface area contributed by atoms with E-state index in [1.54, 1.807) is 18.4 Å². The Morgan fingerprint density at radius 2 is 2.22 bits per heavy atom. The summed E-state index contributed by atoms with van der Waals surface area (Å²) in [6, 6.07) is 4.12. The minimum absolute atomic E-state index is 0. The molecular formula is C11H14ClN3OS2. The highest BCUT2D eigenvalue weighted by Gasteiger charge is 2.08. The first-order valence-electron chi connectivity index (χ1n) is 5.16. The molecule has 18 heavy (non-hydrogen) atoms. The van der Waals surface area contributed by atoms with Crippen molar-refractivity contribution in [3.63, 3.8) is 0 Å². The summed E-state index contributed by atoms with van der Waals surface area (Å²) in [5.41, 5.74) is 0.924. The lowest BCUT2D eigenvalue weighted by atomic mass is 10.4. The summed E-state index contributed by atoms with van der Waals surface area (Å²) in [5.74, 6) is -0.0734. The molecule has 0 aliphatic rings. The Morgan fingerprint density at radius 1 is 1.44 bits per heavy atom. The van der Waals surface area contributed by atoms with Crippen LogP contribution in [0.5, 0.6) is 0 Å². The van der Waals surface area contributed by atoms with Crippen molar-refractivity contribution in [2.75, 3.05) is 18.9 Å². The van der Waals surface area contributed by atoms with Gasteiger partial charge in [-0.2, -0.15) is 0 Å². The molecule has 2 aromatic heterocycles. The van der Waals surface area contributed by atoms with Gasteiger partial charge >= 0.3 is 0 Å². The number of carbonyl (C=O) groups is 1. The van der Waals surface area contributed by atoms with Crippen molar-refractivity contribution in [3.8, 4) is 10.6 Å². The van der Waals surface area contributed by atoms with Crippen LogP contribution in [0, 0.1) is 6.92 Å². The fraction of sp³-hybridized carbons (Fsp3) is 0.273. The predicted octanol–water partition coefficient (Wildman–Crippen LogP) is 2.76. The van der Waals surface area contributed by atoms with Crippen LogP contribution in [0.1, 0.15) is 4.88 Å². The number of carbonyl (C=O) groups excluding carboxylic acids is 1. The van der Waals surface area contributed by atoms with Crippen molar-refractivity contribution in [2.24, 2.45) is 0 Å². The number of halogens is 1. The third kappa shape index (κ3) is 3.78. The molecule has 7 heteroatoms. The zero-order chi connectivity index (χ0) is 12.3. The monoisotopic (exact) mass is 303 g/mol. The molecule has 2 rings (SSSR count). The molecular weight excluding hydrogens is 290 g/mol. The van der Waals surface area contributed by atoms with Gasteiger partial charge in [0.25, 0.3) is 0 Å². The van der Waals surface area contributed by atoms with Gasteiger partial charge in [0.1, 0.15) is 0 Å². The first kappa shape index (κ1) is 15.1. The van der Waals surface area contributed by atoms with Gasteiger partial charge in [-0.25, -0.2) is 4.98 Å². The minimum atomic E-state index is -0.0734. The number of anilines is 1. The van der Waals surface area contributed by atoms with Crippen molar-refractivity contribution >= 4 is 46.1 Å². The number of thiazole rings is 1.